The summed E-state index contributed by atoms with van der Waals surface area (Å²) in [5.41, 5.74) is 2.08. The van der Waals surface area contributed by atoms with Gasteiger partial charge < -0.3 is 15.2 Å². The number of hydrogen-bond acceptors (Lipinski definition) is 7. The number of nitrogens with zero attached hydrogens (tertiary/aromatic N) is 5. The van der Waals surface area contributed by atoms with Gasteiger partial charge in [-0.25, -0.2) is 9.97 Å². The molecule has 0 bridgehead atoms. The van der Waals surface area contributed by atoms with Crippen LogP contribution in [0.4, 0.5) is 10.9 Å². The van der Waals surface area contributed by atoms with Gasteiger partial charge in [0.1, 0.15) is 17.8 Å². The highest BCUT2D eigenvalue weighted by atomic mass is 32.1. The lowest BCUT2D eigenvalue weighted by Crippen LogP contribution is -2.13. The third-order valence-electron chi connectivity index (χ3n) is 4.41. The second-order valence-corrected chi connectivity index (χ2v) is 8.55. The number of anilines is 2. The third kappa shape index (κ3) is 4.16. The Balaban J connectivity index is 1.56. The van der Waals surface area contributed by atoms with E-state index in [0.29, 0.717) is 28.9 Å². The Bertz CT molecular complexity index is 1200. The first-order valence-corrected chi connectivity index (χ1v) is 10.6. The van der Waals surface area contributed by atoms with Crippen LogP contribution in [0.1, 0.15) is 44.1 Å². The number of hydrogen-bond donors (Lipinski definition) is 2. The number of fused-ring (bicyclic) bond motifs is 1. The van der Waals surface area contributed by atoms with Crippen molar-refractivity contribution in [2.75, 3.05) is 10.6 Å². The van der Waals surface area contributed by atoms with Gasteiger partial charge >= 0.3 is 0 Å². The lowest BCUT2D eigenvalue weighted by molar-refractivity contribution is 0.102. The Hall–Kier alpha value is -3.33. The Morgan fingerprint density at radius 2 is 1.93 bits per heavy atom. The molecule has 0 unspecified atom stereocenters. The zero-order valence-corrected chi connectivity index (χ0v) is 18.1. The van der Waals surface area contributed by atoms with Crippen LogP contribution in [0, 0.1) is 0 Å². The summed E-state index contributed by atoms with van der Waals surface area (Å²) in [6.45, 7) is 8.23. The third-order valence-corrected chi connectivity index (χ3v) is 5.36. The standard InChI is InChI=1S/C21H23N7OS/c1-12(2)23-21-25-15-9-8-14(10-17(15)30-21)20(29)26-18-7-5-6-16(24-18)19-27-22-11-28(19)13(3)4/h5-13H,1-4H3,(H,23,25)(H,24,26,29). The van der Waals surface area contributed by atoms with Gasteiger partial charge in [-0.1, -0.05) is 17.4 Å². The number of pyridine rings is 1. The van der Waals surface area contributed by atoms with Crippen molar-refractivity contribution in [1.29, 1.82) is 0 Å². The fraction of sp³-hybridized carbons (Fsp3) is 0.286. The van der Waals surface area contributed by atoms with Gasteiger partial charge in [-0.05, 0) is 58.0 Å². The molecule has 0 radical (unpaired) electrons. The second-order valence-electron chi connectivity index (χ2n) is 7.52. The van der Waals surface area contributed by atoms with Crippen LogP contribution in [-0.4, -0.2) is 36.7 Å². The van der Waals surface area contributed by atoms with Crippen molar-refractivity contribution in [2.24, 2.45) is 0 Å². The van der Waals surface area contributed by atoms with E-state index in [4.69, 9.17) is 0 Å². The maximum atomic E-state index is 12.8. The van der Waals surface area contributed by atoms with Crippen molar-refractivity contribution in [3.05, 3.63) is 48.3 Å². The fourth-order valence-corrected chi connectivity index (χ4v) is 4.05. The lowest BCUT2D eigenvalue weighted by Gasteiger charge is -2.10. The summed E-state index contributed by atoms with van der Waals surface area (Å²) in [6.07, 6.45) is 1.68. The Morgan fingerprint density at radius 1 is 1.10 bits per heavy atom. The first kappa shape index (κ1) is 20.0. The van der Waals surface area contributed by atoms with E-state index in [0.717, 1.165) is 15.3 Å². The summed E-state index contributed by atoms with van der Waals surface area (Å²) in [7, 11) is 0. The molecule has 0 aliphatic carbocycles. The summed E-state index contributed by atoms with van der Waals surface area (Å²) in [6, 6.07) is 11.4. The van der Waals surface area contributed by atoms with E-state index in [1.54, 1.807) is 18.5 Å². The van der Waals surface area contributed by atoms with E-state index in [-0.39, 0.29) is 11.9 Å². The number of rotatable bonds is 6. The van der Waals surface area contributed by atoms with Gasteiger partial charge in [0.05, 0.1) is 10.2 Å². The van der Waals surface area contributed by atoms with Gasteiger partial charge in [0, 0.05) is 17.6 Å². The number of nitrogens with one attached hydrogen (secondary N) is 2. The molecule has 1 aromatic carbocycles. The zero-order valence-electron chi connectivity index (χ0n) is 17.2. The second kappa shape index (κ2) is 8.19. The molecule has 8 nitrogen and oxygen atoms in total. The molecular weight excluding hydrogens is 398 g/mol. The molecule has 0 fully saturated rings. The minimum absolute atomic E-state index is 0.205. The maximum absolute atomic E-state index is 12.8. The van der Waals surface area contributed by atoms with E-state index in [1.807, 2.05) is 28.8 Å². The molecule has 0 spiro atoms. The van der Waals surface area contributed by atoms with Crippen LogP contribution in [0.15, 0.2) is 42.7 Å². The minimum Gasteiger partial charge on any atom is -0.359 e. The molecule has 0 saturated carbocycles. The summed E-state index contributed by atoms with van der Waals surface area (Å²) in [5, 5.41) is 15.2. The van der Waals surface area contributed by atoms with Crippen LogP contribution in [0.25, 0.3) is 21.7 Å². The molecule has 0 atom stereocenters. The normalized spacial score (nSPS) is 11.4. The van der Waals surface area contributed by atoms with Crippen molar-refractivity contribution in [1.82, 2.24) is 24.7 Å². The van der Waals surface area contributed by atoms with Crippen LogP contribution in [0.5, 0.6) is 0 Å². The van der Waals surface area contributed by atoms with Crippen LogP contribution in [0.2, 0.25) is 0 Å². The number of benzene rings is 1. The van der Waals surface area contributed by atoms with Crippen molar-refractivity contribution < 1.29 is 4.79 Å². The molecule has 0 aliphatic rings. The Labute approximate surface area is 178 Å². The van der Waals surface area contributed by atoms with Crippen LogP contribution in [-0.2, 0) is 0 Å². The highest BCUT2D eigenvalue weighted by molar-refractivity contribution is 7.22. The fourth-order valence-electron chi connectivity index (χ4n) is 3.00. The van der Waals surface area contributed by atoms with Gasteiger partial charge in [-0.2, -0.15) is 0 Å². The van der Waals surface area contributed by atoms with Crippen molar-refractivity contribution >= 4 is 38.4 Å². The average Bonchev–Trinajstić information content (AvgIpc) is 3.33. The first-order chi connectivity index (χ1) is 14.4. The summed E-state index contributed by atoms with van der Waals surface area (Å²) >= 11 is 1.53. The lowest BCUT2D eigenvalue weighted by atomic mass is 10.2. The molecule has 0 aliphatic heterocycles. The van der Waals surface area contributed by atoms with E-state index in [1.165, 1.54) is 11.3 Å². The molecule has 3 aromatic heterocycles. The monoisotopic (exact) mass is 421 g/mol. The van der Waals surface area contributed by atoms with E-state index < -0.39 is 0 Å². The molecule has 0 saturated heterocycles. The summed E-state index contributed by atoms with van der Waals surface area (Å²) < 4.78 is 2.89. The molecule has 4 rings (SSSR count). The van der Waals surface area contributed by atoms with E-state index >= 15 is 0 Å². The van der Waals surface area contributed by atoms with Crippen molar-refractivity contribution in [3.63, 3.8) is 0 Å². The Kier molecular flexibility index (Phi) is 5.45. The van der Waals surface area contributed by atoms with Gasteiger partial charge in [0.2, 0.25) is 0 Å². The largest absolute Gasteiger partial charge is 0.359 e. The van der Waals surface area contributed by atoms with Gasteiger partial charge in [-0.3, -0.25) is 4.79 Å². The number of thiazole rings is 1. The highest BCUT2D eigenvalue weighted by Gasteiger charge is 2.14. The smallest absolute Gasteiger partial charge is 0.256 e. The van der Waals surface area contributed by atoms with Gasteiger partial charge in [-0.15, -0.1) is 10.2 Å². The van der Waals surface area contributed by atoms with Crippen LogP contribution in [0.3, 0.4) is 0 Å². The quantitative estimate of drug-likeness (QED) is 0.472. The summed E-state index contributed by atoms with van der Waals surface area (Å²) in [4.78, 5) is 21.9. The molecule has 9 heteroatoms. The van der Waals surface area contributed by atoms with E-state index in [2.05, 4.69) is 58.5 Å². The van der Waals surface area contributed by atoms with Crippen molar-refractivity contribution in [3.8, 4) is 11.5 Å². The number of amides is 1. The first-order valence-electron chi connectivity index (χ1n) is 9.76. The molecule has 1 amide bonds. The molecule has 4 aromatic rings. The van der Waals surface area contributed by atoms with Crippen LogP contribution < -0.4 is 10.6 Å². The SMILES string of the molecule is CC(C)Nc1nc2ccc(C(=O)Nc3cccc(-c4nncn4C(C)C)n3)cc2s1. The predicted molar refractivity (Wildman–Crippen MR) is 120 cm³/mol. The van der Waals surface area contributed by atoms with Gasteiger partial charge in [0.25, 0.3) is 5.91 Å². The summed E-state index contributed by atoms with van der Waals surface area (Å²) in [5.74, 6) is 0.901. The highest BCUT2D eigenvalue weighted by Crippen LogP contribution is 2.27. The zero-order chi connectivity index (χ0) is 21.3. The van der Waals surface area contributed by atoms with Crippen LogP contribution >= 0.6 is 11.3 Å². The molecule has 2 N–H and O–H groups in total. The molecule has 3 heterocycles. The molecule has 154 valence electrons. The average molecular weight is 422 g/mol. The van der Waals surface area contributed by atoms with E-state index in [9.17, 15) is 4.79 Å². The molecule has 30 heavy (non-hydrogen) atoms. The number of aromatic nitrogens is 5. The maximum Gasteiger partial charge on any atom is 0.256 e. The minimum atomic E-state index is -0.223. The Morgan fingerprint density at radius 3 is 2.70 bits per heavy atom. The predicted octanol–water partition coefficient (Wildman–Crippen LogP) is 4.60. The number of carbonyl (C=O) groups excluding carboxylic acids is 1. The van der Waals surface area contributed by atoms with Gasteiger partial charge in [0.15, 0.2) is 11.0 Å². The van der Waals surface area contributed by atoms with Crippen molar-refractivity contribution in [2.45, 2.75) is 39.8 Å². The topological polar surface area (TPSA) is 97.6 Å². The molecular formula is C21H23N7OS. The number of carbonyl (C=O) groups is 1.